The minimum Gasteiger partial charge on any atom is -0.462 e. The Hall–Kier alpha value is -1.66. The number of hydrogen-bond acceptors (Lipinski definition) is 4. The molecular formula is C17H25N2O3S+. The highest BCUT2D eigenvalue weighted by Crippen LogP contribution is 2.39. The number of esters is 1. The van der Waals surface area contributed by atoms with Crippen LogP contribution < -0.4 is 10.6 Å². The number of anilines is 1. The Morgan fingerprint density at radius 3 is 3.00 bits per heavy atom. The number of hydrogen-bond donors (Lipinski definition) is 2. The van der Waals surface area contributed by atoms with Gasteiger partial charge in [-0.1, -0.05) is 13.5 Å². The van der Waals surface area contributed by atoms with Crippen LogP contribution in [0.5, 0.6) is 0 Å². The van der Waals surface area contributed by atoms with Gasteiger partial charge >= 0.3 is 5.97 Å². The molecule has 0 saturated carbocycles. The predicted octanol–water partition coefficient (Wildman–Crippen LogP) is 1.74. The molecule has 0 saturated heterocycles. The summed E-state index contributed by atoms with van der Waals surface area (Å²) < 4.78 is 5.20. The SMILES string of the molecule is C=CC[NH2+]CC(=O)Nc1sc2c(c1C(=O)OCC)CC[C@@H](C)C2. The monoisotopic (exact) mass is 337 g/mol. The first-order valence-corrected chi connectivity index (χ1v) is 8.92. The molecule has 1 heterocycles. The van der Waals surface area contributed by atoms with Crippen molar-refractivity contribution in [2.75, 3.05) is 25.0 Å². The second-order valence-electron chi connectivity index (χ2n) is 5.84. The zero-order valence-electron chi connectivity index (χ0n) is 13.8. The lowest BCUT2D eigenvalue weighted by molar-refractivity contribution is -0.634. The van der Waals surface area contributed by atoms with E-state index in [1.54, 1.807) is 13.0 Å². The van der Waals surface area contributed by atoms with Crippen LogP contribution in [0.25, 0.3) is 0 Å². The van der Waals surface area contributed by atoms with E-state index in [1.807, 2.05) is 5.32 Å². The van der Waals surface area contributed by atoms with E-state index in [-0.39, 0.29) is 11.9 Å². The molecule has 0 aliphatic heterocycles. The molecule has 2 rings (SSSR count). The third kappa shape index (κ3) is 4.42. The lowest BCUT2D eigenvalue weighted by Crippen LogP contribution is -2.86. The topological polar surface area (TPSA) is 72.0 Å². The van der Waals surface area contributed by atoms with Crippen molar-refractivity contribution in [1.82, 2.24) is 0 Å². The minimum absolute atomic E-state index is 0.107. The van der Waals surface area contributed by atoms with Crippen molar-refractivity contribution in [1.29, 1.82) is 0 Å². The van der Waals surface area contributed by atoms with Crippen molar-refractivity contribution in [3.8, 4) is 0 Å². The van der Waals surface area contributed by atoms with E-state index in [2.05, 4.69) is 18.8 Å². The average Bonchev–Trinajstić information content (AvgIpc) is 2.84. The highest BCUT2D eigenvalue weighted by atomic mass is 32.1. The predicted molar refractivity (Wildman–Crippen MR) is 92.0 cm³/mol. The van der Waals surface area contributed by atoms with E-state index in [0.29, 0.717) is 36.2 Å². The summed E-state index contributed by atoms with van der Waals surface area (Å²) in [7, 11) is 0. The van der Waals surface area contributed by atoms with E-state index in [0.717, 1.165) is 24.8 Å². The molecule has 0 radical (unpaired) electrons. The van der Waals surface area contributed by atoms with Crippen LogP contribution in [-0.2, 0) is 22.4 Å². The van der Waals surface area contributed by atoms with Gasteiger partial charge in [0.15, 0.2) is 6.54 Å². The molecular weight excluding hydrogens is 312 g/mol. The van der Waals surface area contributed by atoms with E-state index < -0.39 is 0 Å². The number of rotatable bonds is 7. The number of quaternary nitrogens is 1. The second-order valence-corrected chi connectivity index (χ2v) is 6.95. The summed E-state index contributed by atoms with van der Waals surface area (Å²) in [6.07, 6.45) is 4.66. The maximum Gasteiger partial charge on any atom is 0.341 e. The van der Waals surface area contributed by atoms with Crippen molar-refractivity contribution in [2.45, 2.75) is 33.1 Å². The molecule has 1 aliphatic carbocycles. The third-order valence-electron chi connectivity index (χ3n) is 3.91. The summed E-state index contributed by atoms with van der Waals surface area (Å²) >= 11 is 1.52. The number of fused-ring (bicyclic) bond motifs is 1. The second kappa shape index (κ2) is 8.26. The van der Waals surface area contributed by atoms with E-state index in [1.165, 1.54) is 16.2 Å². The third-order valence-corrected chi connectivity index (χ3v) is 5.08. The van der Waals surface area contributed by atoms with Crippen molar-refractivity contribution < 1.29 is 19.6 Å². The normalized spacial score (nSPS) is 16.5. The Morgan fingerprint density at radius 2 is 2.30 bits per heavy atom. The van der Waals surface area contributed by atoms with Crippen LogP contribution in [-0.4, -0.2) is 31.6 Å². The van der Waals surface area contributed by atoms with E-state index in [4.69, 9.17) is 4.74 Å². The van der Waals surface area contributed by atoms with Crippen LogP contribution in [0.4, 0.5) is 5.00 Å². The molecule has 1 aromatic heterocycles. The summed E-state index contributed by atoms with van der Waals surface area (Å²) in [5.41, 5.74) is 1.63. The molecule has 6 heteroatoms. The van der Waals surface area contributed by atoms with Gasteiger partial charge in [-0.15, -0.1) is 11.3 Å². The standard InChI is InChI=1S/C17H24N2O3S/c1-4-8-18-10-14(20)19-16-15(17(21)22-5-2)12-7-6-11(3)9-13(12)23-16/h4,11,18H,1,5-10H2,2-3H3,(H,19,20)/p+1/t11-/m1/s1. The quantitative estimate of drug-likeness (QED) is 0.452. The van der Waals surface area contributed by atoms with Gasteiger partial charge in [0.05, 0.1) is 18.7 Å². The average molecular weight is 337 g/mol. The number of amides is 1. The van der Waals surface area contributed by atoms with Crippen LogP contribution in [0.1, 0.15) is 41.1 Å². The van der Waals surface area contributed by atoms with Gasteiger partial charge in [0.2, 0.25) is 0 Å². The summed E-state index contributed by atoms with van der Waals surface area (Å²) in [5, 5.41) is 5.40. The Morgan fingerprint density at radius 1 is 1.52 bits per heavy atom. The molecule has 0 aromatic carbocycles. The highest BCUT2D eigenvalue weighted by molar-refractivity contribution is 7.17. The Balaban J connectivity index is 2.21. The first kappa shape index (κ1) is 17.7. The van der Waals surface area contributed by atoms with Crippen molar-refractivity contribution in [3.63, 3.8) is 0 Å². The Labute approximate surface area is 141 Å². The first-order valence-electron chi connectivity index (χ1n) is 8.10. The number of carbonyl (C=O) groups is 2. The van der Waals surface area contributed by atoms with Gasteiger partial charge in [-0.2, -0.15) is 0 Å². The van der Waals surface area contributed by atoms with Gasteiger partial charge in [-0.05, 0) is 43.7 Å². The summed E-state index contributed by atoms with van der Waals surface area (Å²) in [5.74, 6) is 0.176. The molecule has 1 amide bonds. The van der Waals surface area contributed by atoms with Crippen molar-refractivity contribution in [2.24, 2.45) is 5.92 Å². The van der Waals surface area contributed by atoms with Crippen LogP contribution in [0.15, 0.2) is 12.7 Å². The molecule has 5 nitrogen and oxygen atoms in total. The molecule has 3 N–H and O–H groups in total. The lowest BCUT2D eigenvalue weighted by atomic mass is 9.88. The van der Waals surface area contributed by atoms with Crippen LogP contribution in [0.3, 0.4) is 0 Å². The lowest BCUT2D eigenvalue weighted by Gasteiger charge is -2.18. The zero-order valence-corrected chi connectivity index (χ0v) is 14.6. The summed E-state index contributed by atoms with van der Waals surface area (Å²) in [6, 6.07) is 0. The molecule has 23 heavy (non-hydrogen) atoms. The number of nitrogens with two attached hydrogens (primary N) is 1. The molecule has 1 aromatic rings. The zero-order chi connectivity index (χ0) is 16.8. The van der Waals surface area contributed by atoms with Crippen molar-refractivity contribution >= 4 is 28.2 Å². The largest absolute Gasteiger partial charge is 0.462 e. The molecule has 0 unspecified atom stereocenters. The van der Waals surface area contributed by atoms with Gasteiger partial charge in [-0.3, -0.25) is 4.79 Å². The highest BCUT2D eigenvalue weighted by Gasteiger charge is 2.29. The van der Waals surface area contributed by atoms with Crippen molar-refractivity contribution in [3.05, 3.63) is 28.7 Å². The van der Waals surface area contributed by atoms with Gasteiger partial charge in [0.1, 0.15) is 5.00 Å². The molecule has 1 aliphatic rings. The first-order chi connectivity index (χ1) is 11.1. The van der Waals surface area contributed by atoms with Crippen LogP contribution >= 0.6 is 11.3 Å². The maximum atomic E-state index is 12.3. The number of nitrogens with one attached hydrogen (secondary N) is 1. The fourth-order valence-electron chi connectivity index (χ4n) is 2.77. The molecule has 0 bridgehead atoms. The van der Waals surface area contributed by atoms with Gasteiger partial charge in [0.25, 0.3) is 5.91 Å². The van der Waals surface area contributed by atoms with Crippen LogP contribution in [0, 0.1) is 5.92 Å². The van der Waals surface area contributed by atoms with E-state index in [9.17, 15) is 9.59 Å². The fourth-order valence-corrected chi connectivity index (χ4v) is 4.18. The van der Waals surface area contributed by atoms with Gasteiger partial charge in [0, 0.05) is 4.88 Å². The Bertz CT molecular complexity index is 595. The summed E-state index contributed by atoms with van der Waals surface area (Å²) in [4.78, 5) is 25.6. The fraction of sp³-hybridized carbons (Fsp3) is 0.529. The minimum atomic E-state index is -0.329. The maximum absolute atomic E-state index is 12.3. The number of thiophene rings is 1. The van der Waals surface area contributed by atoms with E-state index >= 15 is 0 Å². The molecule has 1 atom stereocenters. The molecule has 0 spiro atoms. The number of carbonyl (C=O) groups excluding carboxylic acids is 2. The van der Waals surface area contributed by atoms with Crippen LogP contribution in [0.2, 0.25) is 0 Å². The molecule has 126 valence electrons. The van der Waals surface area contributed by atoms with Gasteiger partial charge < -0.3 is 15.4 Å². The number of ether oxygens (including phenoxy) is 1. The Kier molecular flexibility index (Phi) is 6.36. The summed E-state index contributed by atoms with van der Waals surface area (Å²) in [6.45, 7) is 8.98. The molecule has 0 fully saturated rings. The van der Waals surface area contributed by atoms with Gasteiger partial charge in [-0.25, -0.2) is 4.79 Å². The smallest absolute Gasteiger partial charge is 0.341 e.